The largest absolute Gasteiger partial charge is 0.456 e. The van der Waals surface area contributed by atoms with E-state index in [-0.39, 0.29) is 11.2 Å². The van der Waals surface area contributed by atoms with Crippen LogP contribution in [0.5, 0.6) is 0 Å². The maximum absolute atomic E-state index is 12.8. The van der Waals surface area contributed by atoms with Gasteiger partial charge in [-0.25, -0.2) is 0 Å². The molecular formula is C22H14N4O4S. The van der Waals surface area contributed by atoms with E-state index in [1.807, 2.05) is 31.2 Å². The minimum Gasteiger partial charge on any atom is -0.456 e. The van der Waals surface area contributed by atoms with Gasteiger partial charge in [-0.15, -0.1) is 5.10 Å². The number of hydrogen-bond acceptors (Lipinski definition) is 7. The van der Waals surface area contributed by atoms with E-state index in [1.54, 1.807) is 36.4 Å². The van der Waals surface area contributed by atoms with Crippen molar-refractivity contribution in [1.82, 2.24) is 14.6 Å². The molecule has 152 valence electrons. The molecule has 0 N–H and O–H groups in total. The van der Waals surface area contributed by atoms with Gasteiger partial charge in [0.2, 0.25) is 4.96 Å². The molecule has 5 aromatic rings. The van der Waals surface area contributed by atoms with Gasteiger partial charge in [0.1, 0.15) is 16.1 Å². The molecule has 9 heteroatoms. The minimum absolute atomic E-state index is 0.0460. The molecule has 0 spiro atoms. The van der Waals surface area contributed by atoms with Gasteiger partial charge in [0, 0.05) is 17.7 Å². The van der Waals surface area contributed by atoms with Gasteiger partial charge >= 0.3 is 0 Å². The first-order valence-corrected chi connectivity index (χ1v) is 10.1. The first-order chi connectivity index (χ1) is 15.0. The fraction of sp³-hybridized carbons (Fsp3) is 0.0455. The van der Waals surface area contributed by atoms with Crippen molar-refractivity contribution < 1.29 is 9.34 Å². The van der Waals surface area contributed by atoms with E-state index >= 15 is 0 Å². The molecule has 0 radical (unpaired) electrons. The molecule has 0 aliphatic heterocycles. The summed E-state index contributed by atoms with van der Waals surface area (Å²) < 4.78 is 7.44. The highest BCUT2D eigenvalue weighted by atomic mass is 32.1. The fourth-order valence-electron chi connectivity index (χ4n) is 3.20. The Balaban J connectivity index is 1.52. The maximum atomic E-state index is 12.8. The van der Waals surface area contributed by atoms with Crippen LogP contribution in [-0.4, -0.2) is 19.5 Å². The third-order valence-corrected chi connectivity index (χ3v) is 5.72. The lowest BCUT2D eigenvalue weighted by Gasteiger charge is -1.98. The van der Waals surface area contributed by atoms with Crippen molar-refractivity contribution in [3.05, 3.63) is 97.0 Å². The van der Waals surface area contributed by atoms with Crippen molar-refractivity contribution >= 4 is 28.1 Å². The zero-order valence-corrected chi connectivity index (χ0v) is 17.0. The van der Waals surface area contributed by atoms with Crippen LogP contribution in [0.4, 0.5) is 5.69 Å². The summed E-state index contributed by atoms with van der Waals surface area (Å²) in [6, 6.07) is 17.4. The summed E-state index contributed by atoms with van der Waals surface area (Å²) >= 11 is 1.20. The number of aryl methyl sites for hydroxylation is 1. The molecule has 0 aliphatic carbocycles. The molecule has 0 aliphatic rings. The van der Waals surface area contributed by atoms with Gasteiger partial charge in [-0.05, 0) is 25.1 Å². The lowest BCUT2D eigenvalue weighted by Crippen LogP contribution is -2.23. The summed E-state index contributed by atoms with van der Waals surface area (Å²) in [5, 5.41) is 15.6. The smallest absolute Gasteiger partial charge is 0.291 e. The van der Waals surface area contributed by atoms with Crippen molar-refractivity contribution in [2.45, 2.75) is 6.92 Å². The van der Waals surface area contributed by atoms with E-state index in [2.05, 4.69) is 10.1 Å². The summed E-state index contributed by atoms with van der Waals surface area (Å²) in [6.45, 7) is 2.00. The van der Waals surface area contributed by atoms with Crippen LogP contribution in [0.3, 0.4) is 0 Å². The van der Waals surface area contributed by atoms with Gasteiger partial charge in [-0.1, -0.05) is 53.3 Å². The lowest BCUT2D eigenvalue weighted by atomic mass is 10.1. The fourth-order valence-corrected chi connectivity index (χ4v) is 4.09. The molecule has 0 atom stereocenters. The molecule has 0 saturated heterocycles. The molecule has 0 bridgehead atoms. The van der Waals surface area contributed by atoms with Crippen LogP contribution in [0.2, 0.25) is 0 Å². The van der Waals surface area contributed by atoms with Crippen LogP contribution < -0.4 is 10.1 Å². The second-order valence-corrected chi connectivity index (χ2v) is 7.90. The quantitative estimate of drug-likeness (QED) is 0.317. The van der Waals surface area contributed by atoms with Crippen LogP contribution in [0.1, 0.15) is 11.3 Å². The molecule has 8 nitrogen and oxygen atoms in total. The van der Waals surface area contributed by atoms with Crippen molar-refractivity contribution in [2.24, 2.45) is 0 Å². The summed E-state index contributed by atoms with van der Waals surface area (Å²) in [7, 11) is 0. The Bertz CT molecular complexity index is 1550. The predicted octanol–water partition coefficient (Wildman–Crippen LogP) is 3.84. The first-order valence-electron chi connectivity index (χ1n) is 9.31. The Morgan fingerprint density at radius 1 is 1.10 bits per heavy atom. The number of rotatable bonds is 4. The van der Waals surface area contributed by atoms with Crippen LogP contribution in [-0.2, 0) is 0 Å². The van der Waals surface area contributed by atoms with E-state index in [9.17, 15) is 14.9 Å². The van der Waals surface area contributed by atoms with Gasteiger partial charge in [-0.2, -0.15) is 9.50 Å². The first kappa shape index (κ1) is 18.9. The number of aromatic nitrogens is 3. The predicted molar refractivity (Wildman–Crippen MR) is 117 cm³/mol. The minimum atomic E-state index is -0.456. The molecular weight excluding hydrogens is 416 g/mol. The van der Waals surface area contributed by atoms with Crippen molar-refractivity contribution in [3.8, 4) is 22.7 Å². The van der Waals surface area contributed by atoms with Crippen molar-refractivity contribution in [3.63, 3.8) is 0 Å². The molecule has 0 fully saturated rings. The molecule has 2 aromatic carbocycles. The standard InChI is InChI=1S/C22H14N4O4S/c1-13-6-8-14(9-7-13)20-23-22-25(24-20)21(27)19(31-22)12-15-10-11-18(30-15)16-4-2-3-5-17(16)26(28)29/h2-12H,1H3/b19-12-. The SMILES string of the molecule is Cc1ccc(-c2nc3s/c(=C\c4ccc(-c5ccccc5[N+](=O)[O-])o4)c(=O)n3n2)cc1. The van der Waals surface area contributed by atoms with Crippen LogP contribution in [0.25, 0.3) is 33.7 Å². The molecule has 3 heterocycles. The number of fused-ring (bicyclic) bond motifs is 1. The Kier molecular flexibility index (Phi) is 4.45. The summed E-state index contributed by atoms with van der Waals surface area (Å²) in [4.78, 5) is 28.5. The van der Waals surface area contributed by atoms with E-state index in [0.717, 1.165) is 11.1 Å². The van der Waals surface area contributed by atoms with Gasteiger partial charge in [0.05, 0.1) is 10.5 Å². The summed E-state index contributed by atoms with van der Waals surface area (Å²) in [5.41, 5.74) is 2.00. The van der Waals surface area contributed by atoms with Gasteiger partial charge in [0.25, 0.3) is 11.2 Å². The average molecular weight is 430 g/mol. The number of nitrogens with zero attached hydrogens (tertiary/aromatic N) is 4. The highest BCUT2D eigenvalue weighted by Gasteiger charge is 2.17. The average Bonchev–Trinajstić information content (AvgIpc) is 3.46. The van der Waals surface area contributed by atoms with Gasteiger partial charge in [-0.3, -0.25) is 14.9 Å². The lowest BCUT2D eigenvalue weighted by molar-refractivity contribution is -0.384. The molecule has 0 saturated carbocycles. The van der Waals surface area contributed by atoms with Crippen molar-refractivity contribution in [2.75, 3.05) is 0 Å². The third-order valence-electron chi connectivity index (χ3n) is 4.76. The molecule has 0 unspecified atom stereocenters. The van der Waals surface area contributed by atoms with Crippen LogP contribution in [0.15, 0.2) is 69.9 Å². The highest BCUT2D eigenvalue weighted by molar-refractivity contribution is 7.15. The van der Waals surface area contributed by atoms with Gasteiger partial charge < -0.3 is 4.42 Å². The number of thiazole rings is 1. The molecule has 5 rings (SSSR count). The monoisotopic (exact) mass is 430 g/mol. The number of nitro groups is 1. The molecule has 0 amide bonds. The molecule has 3 aromatic heterocycles. The summed E-state index contributed by atoms with van der Waals surface area (Å²) in [6.07, 6.45) is 1.59. The normalized spacial score (nSPS) is 12.0. The number of hydrogen-bond donors (Lipinski definition) is 0. The highest BCUT2D eigenvalue weighted by Crippen LogP contribution is 2.31. The zero-order chi connectivity index (χ0) is 21.5. The number of benzene rings is 2. The number of furan rings is 1. The van der Waals surface area contributed by atoms with E-state index in [4.69, 9.17) is 4.42 Å². The Hall–Kier alpha value is -4.11. The van der Waals surface area contributed by atoms with E-state index < -0.39 is 4.92 Å². The zero-order valence-electron chi connectivity index (χ0n) is 16.2. The second-order valence-electron chi connectivity index (χ2n) is 6.89. The topological polar surface area (TPSA) is 104 Å². The maximum Gasteiger partial charge on any atom is 0.291 e. The van der Waals surface area contributed by atoms with E-state index in [1.165, 1.54) is 21.9 Å². The second kappa shape index (κ2) is 7.29. The number of nitro benzene ring substituents is 1. The Labute approximate surface area is 178 Å². The van der Waals surface area contributed by atoms with Crippen molar-refractivity contribution in [1.29, 1.82) is 0 Å². The third kappa shape index (κ3) is 3.40. The number of para-hydroxylation sites is 1. The van der Waals surface area contributed by atoms with Crippen LogP contribution in [0, 0.1) is 17.0 Å². The van der Waals surface area contributed by atoms with Crippen LogP contribution >= 0.6 is 11.3 Å². The summed E-state index contributed by atoms with van der Waals surface area (Å²) in [5.74, 6) is 1.26. The Morgan fingerprint density at radius 3 is 2.61 bits per heavy atom. The Morgan fingerprint density at radius 2 is 1.87 bits per heavy atom. The van der Waals surface area contributed by atoms with Gasteiger partial charge in [0.15, 0.2) is 5.82 Å². The van der Waals surface area contributed by atoms with E-state index in [0.29, 0.717) is 32.4 Å². The molecule has 31 heavy (non-hydrogen) atoms.